The normalized spacial score (nSPS) is 36.3. The molecule has 4 unspecified atom stereocenters. The molecule has 0 aromatic carbocycles. The van der Waals surface area contributed by atoms with Crippen LogP contribution in [0.5, 0.6) is 0 Å². The molecule has 4 nitrogen and oxygen atoms in total. The fourth-order valence-electron chi connectivity index (χ4n) is 4.63. The van der Waals surface area contributed by atoms with Crippen LogP contribution < -0.4 is 5.43 Å². The number of amides is 1. The molecule has 4 heteroatoms. The van der Waals surface area contributed by atoms with Crippen molar-refractivity contribution in [3.05, 3.63) is 30.1 Å². The fraction of sp³-hybridized carbons (Fsp3) is 0.562. The van der Waals surface area contributed by atoms with Gasteiger partial charge in [-0.15, -0.1) is 0 Å². The molecule has 3 aliphatic rings. The minimum Gasteiger partial charge on any atom is -0.267 e. The van der Waals surface area contributed by atoms with Gasteiger partial charge in [-0.3, -0.25) is 9.78 Å². The van der Waals surface area contributed by atoms with E-state index in [9.17, 15) is 4.79 Å². The third-order valence-electron chi connectivity index (χ3n) is 5.43. The molecule has 3 saturated carbocycles. The zero-order chi connectivity index (χ0) is 13.5. The number of nitrogens with one attached hydrogen (secondary N) is 1. The van der Waals surface area contributed by atoms with Gasteiger partial charge in [0.25, 0.3) is 5.91 Å². The van der Waals surface area contributed by atoms with Crippen molar-refractivity contribution in [1.82, 2.24) is 10.4 Å². The average Bonchev–Trinajstić information content (AvgIpc) is 3.17. The van der Waals surface area contributed by atoms with E-state index >= 15 is 0 Å². The van der Waals surface area contributed by atoms with Crippen molar-refractivity contribution >= 4 is 11.6 Å². The van der Waals surface area contributed by atoms with Crippen LogP contribution in [0.25, 0.3) is 0 Å². The van der Waals surface area contributed by atoms with Gasteiger partial charge in [-0.1, -0.05) is 6.42 Å². The quantitative estimate of drug-likeness (QED) is 0.839. The Kier molecular flexibility index (Phi) is 2.83. The van der Waals surface area contributed by atoms with E-state index in [2.05, 4.69) is 15.5 Å². The predicted molar refractivity (Wildman–Crippen MR) is 76.2 cm³/mol. The van der Waals surface area contributed by atoms with Gasteiger partial charge in [0.2, 0.25) is 0 Å². The molecule has 1 N–H and O–H groups in total. The molecular weight excluding hydrogens is 250 g/mol. The van der Waals surface area contributed by atoms with Gasteiger partial charge in [-0.2, -0.15) is 5.10 Å². The molecule has 20 heavy (non-hydrogen) atoms. The summed E-state index contributed by atoms with van der Waals surface area (Å²) in [6.45, 7) is 0. The Morgan fingerprint density at radius 2 is 2.25 bits per heavy atom. The molecule has 2 bridgehead atoms. The number of carbonyl (C=O) groups is 1. The first-order chi connectivity index (χ1) is 9.83. The molecule has 0 saturated heterocycles. The SMILES string of the molecule is O=C(N/N=C1\CC2CC1C1CCCC21)c1cccnc1. The summed E-state index contributed by atoms with van der Waals surface area (Å²) in [4.78, 5) is 15.9. The molecule has 0 spiro atoms. The summed E-state index contributed by atoms with van der Waals surface area (Å²) in [5.74, 6) is 3.12. The van der Waals surface area contributed by atoms with Crippen LogP contribution in [-0.4, -0.2) is 16.6 Å². The number of hydrogen-bond donors (Lipinski definition) is 1. The van der Waals surface area contributed by atoms with Crippen LogP contribution >= 0.6 is 0 Å². The standard InChI is InChI=1S/C16H19N3O/c20-16(10-3-2-6-17-9-10)19-18-15-8-11-7-14(15)13-5-1-4-12(11)13/h2-3,6,9,11-14H,1,4-5,7-8H2,(H,19,20)/b18-15+. The molecule has 1 aromatic heterocycles. The van der Waals surface area contributed by atoms with Gasteiger partial charge in [-0.05, 0) is 55.6 Å². The van der Waals surface area contributed by atoms with Crippen molar-refractivity contribution in [2.24, 2.45) is 28.8 Å². The molecular formula is C16H19N3O. The zero-order valence-corrected chi connectivity index (χ0v) is 11.5. The van der Waals surface area contributed by atoms with Gasteiger partial charge < -0.3 is 0 Å². The van der Waals surface area contributed by atoms with Crippen molar-refractivity contribution in [3.63, 3.8) is 0 Å². The van der Waals surface area contributed by atoms with Gasteiger partial charge in [0.15, 0.2) is 0 Å². The van der Waals surface area contributed by atoms with Crippen LogP contribution in [0, 0.1) is 23.7 Å². The Morgan fingerprint density at radius 1 is 1.35 bits per heavy atom. The van der Waals surface area contributed by atoms with E-state index in [1.165, 1.54) is 31.4 Å². The third kappa shape index (κ3) is 1.86. The summed E-state index contributed by atoms with van der Waals surface area (Å²) >= 11 is 0. The number of hydrogen-bond acceptors (Lipinski definition) is 3. The van der Waals surface area contributed by atoms with Crippen LogP contribution in [-0.2, 0) is 0 Å². The van der Waals surface area contributed by atoms with Crippen LogP contribution in [0.15, 0.2) is 29.6 Å². The Hall–Kier alpha value is -1.71. The Bertz CT molecular complexity index is 554. The minimum atomic E-state index is -0.156. The fourth-order valence-corrected chi connectivity index (χ4v) is 4.63. The Balaban J connectivity index is 1.46. The highest BCUT2D eigenvalue weighted by Crippen LogP contribution is 2.57. The van der Waals surface area contributed by atoms with Gasteiger partial charge in [0.1, 0.15) is 0 Å². The first kappa shape index (κ1) is 12.1. The lowest BCUT2D eigenvalue weighted by molar-refractivity contribution is 0.0954. The van der Waals surface area contributed by atoms with Gasteiger partial charge >= 0.3 is 0 Å². The largest absolute Gasteiger partial charge is 0.272 e. The molecule has 1 heterocycles. The van der Waals surface area contributed by atoms with Crippen molar-refractivity contribution in [2.75, 3.05) is 0 Å². The summed E-state index contributed by atoms with van der Waals surface area (Å²) in [6.07, 6.45) is 9.80. The molecule has 4 atom stereocenters. The lowest BCUT2D eigenvalue weighted by atomic mass is 9.81. The van der Waals surface area contributed by atoms with Crippen molar-refractivity contribution in [3.8, 4) is 0 Å². The second-order valence-electron chi connectivity index (χ2n) is 6.35. The van der Waals surface area contributed by atoms with Crippen LogP contribution in [0.4, 0.5) is 0 Å². The highest BCUT2D eigenvalue weighted by Gasteiger charge is 2.52. The average molecular weight is 269 g/mol. The molecule has 0 radical (unpaired) electrons. The van der Waals surface area contributed by atoms with Crippen LogP contribution in [0.1, 0.15) is 42.5 Å². The third-order valence-corrected chi connectivity index (χ3v) is 5.43. The number of nitrogens with zero attached hydrogens (tertiary/aromatic N) is 2. The molecule has 1 aromatic rings. The summed E-state index contributed by atoms with van der Waals surface area (Å²) in [5, 5.41) is 4.43. The van der Waals surface area contributed by atoms with E-state index in [-0.39, 0.29) is 5.91 Å². The predicted octanol–water partition coefficient (Wildman–Crippen LogP) is 2.62. The van der Waals surface area contributed by atoms with Gasteiger partial charge in [-0.25, -0.2) is 5.43 Å². The van der Waals surface area contributed by atoms with Crippen LogP contribution in [0.2, 0.25) is 0 Å². The first-order valence-corrected chi connectivity index (χ1v) is 7.60. The maximum atomic E-state index is 12.0. The number of aromatic nitrogens is 1. The van der Waals surface area contributed by atoms with E-state index in [0.717, 1.165) is 24.2 Å². The number of rotatable bonds is 2. The van der Waals surface area contributed by atoms with Gasteiger partial charge in [0.05, 0.1) is 5.56 Å². The summed E-state index contributed by atoms with van der Waals surface area (Å²) in [6, 6.07) is 3.53. The lowest BCUT2D eigenvalue weighted by Crippen LogP contribution is -2.28. The second kappa shape index (κ2) is 4.69. The monoisotopic (exact) mass is 269 g/mol. The molecule has 1 amide bonds. The topological polar surface area (TPSA) is 54.4 Å². The number of hydrazone groups is 1. The van der Waals surface area contributed by atoms with Gasteiger partial charge in [0, 0.05) is 24.0 Å². The maximum absolute atomic E-state index is 12.0. The molecule has 4 rings (SSSR count). The van der Waals surface area contributed by atoms with E-state index in [4.69, 9.17) is 0 Å². The molecule has 0 aliphatic heterocycles. The van der Waals surface area contributed by atoms with E-state index in [1.54, 1.807) is 24.5 Å². The van der Waals surface area contributed by atoms with E-state index < -0.39 is 0 Å². The number of carbonyl (C=O) groups excluding carboxylic acids is 1. The molecule has 3 aliphatic carbocycles. The zero-order valence-electron chi connectivity index (χ0n) is 11.5. The number of pyridine rings is 1. The summed E-state index contributed by atoms with van der Waals surface area (Å²) < 4.78 is 0. The van der Waals surface area contributed by atoms with Crippen molar-refractivity contribution < 1.29 is 4.79 Å². The summed E-state index contributed by atoms with van der Waals surface area (Å²) in [7, 11) is 0. The highest BCUT2D eigenvalue weighted by molar-refractivity contribution is 5.96. The first-order valence-electron chi connectivity index (χ1n) is 7.60. The van der Waals surface area contributed by atoms with Crippen molar-refractivity contribution in [1.29, 1.82) is 0 Å². The number of fused-ring (bicyclic) bond motifs is 5. The highest BCUT2D eigenvalue weighted by atomic mass is 16.2. The second-order valence-corrected chi connectivity index (χ2v) is 6.35. The maximum Gasteiger partial charge on any atom is 0.272 e. The van der Waals surface area contributed by atoms with Crippen LogP contribution in [0.3, 0.4) is 0 Å². The summed E-state index contributed by atoms with van der Waals surface area (Å²) in [5.41, 5.74) is 4.51. The Morgan fingerprint density at radius 3 is 3.10 bits per heavy atom. The van der Waals surface area contributed by atoms with E-state index in [0.29, 0.717) is 11.5 Å². The molecule has 104 valence electrons. The molecule has 3 fully saturated rings. The van der Waals surface area contributed by atoms with E-state index in [1.807, 2.05) is 0 Å². The Labute approximate surface area is 118 Å². The smallest absolute Gasteiger partial charge is 0.267 e. The minimum absolute atomic E-state index is 0.156. The van der Waals surface area contributed by atoms with Crippen molar-refractivity contribution in [2.45, 2.75) is 32.1 Å². The lowest BCUT2D eigenvalue weighted by Gasteiger charge is -2.25.